The molecule has 0 bridgehead atoms. The lowest BCUT2D eigenvalue weighted by molar-refractivity contribution is 0.119. The van der Waals surface area contributed by atoms with E-state index in [1.807, 2.05) is 29.8 Å². The highest BCUT2D eigenvalue weighted by Gasteiger charge is 2.21. The van der Waals surface area contributed by atoms with Gasteiger partial charge in [-0.3, -0.25) is 0 Å². The van der Waals surface area contributed by atoms with E-state index in [2.05, 4.69) is 25.8 Å². The van der Waals surface area contributed by atoms with E-state index >= 15 is 0 Å². The molecule has 1 aromatic carbocycles. The topological polar surface area (TPSA) is 67.0 Å². The third-order valence-electron chi connectivity index (χ3n) is 5.02. The van der Waals surface area contributed by atoms with Gasteiger partial charge in [0.15, 0.2) is 11.1 Å². The first-order chi connectivity index (χ1) is 12.8. The fraction of sp³-hybridized carbons (Fsp3) is 0.474. The summed E-state index contributed by atoms with van der Waals surface area (Å²) in [7, 11) is 0. The number of aromatic nitrogens is 1. The molecule has 2 aromatic rings. The molecule has 1 aromatic heterocycles. The summed E-state index contributed by atoms with van der Waals surface area (Å²) in [5, 5.41) is 3.10. The first-order valence-electron chi connectivity index (χ1n) is 9.23. The van der Waals surface area contributed by atoms with E-state index in [1.54, 1.807) is 11.3 Å². The van der Waals surface area contributed by atoms with Crippen LogP contribution in [0.15, 0.2) is 40.8 Å². The minimum absolute atomic E-state index is 0.372. The normalized spacial score (nSPS) is 18.7. The van der Waals surface area contributed by atoms with Crippen LogP contribution in [0, 0.1) is 0 Å². The molecule has 2 fully saturated rings. The maximum Gasteiger partial charge on any atom is 0.191 e. The van der Waals surface area contributed by atoms with Crippen molar-refractivity contribution in [2.24, 2.45) is 10.7 Å². The van der Waals surface area contributed by atoms with Gasteiger partial charge in [0, 0.05) is 43.3 Å². The van der Waals surface area contributed by atoms with Gasteiger partial charge in [-0.05, 0) is 25.3 Å². The standard InChI is InChI=1S/C19H25N5OS/c20-18(23-9-11-24(12-10-23)19-21-8-13-26-19)22-14-15-4-1-2-7-17(15)25-16-5-3-6-16/h1-2,4,7-8,13,16H,3,5-6,9-12,14H2,(H2,20,22). The molecule has 1 saturated carbocycles. The molecule has 4 rings (SSSR count). The molecule has 1 saturated heterocycles. The number of nitrogens with two attached hydrogens (primary N) is 1. The summed E-state index contributed by atoms with van der Waals surface area (Å²) in [4.78, 5) is 13.5. The number of thiazole rings is 1. The van der Waals surface area contributed by atoms with Crippen molar-refractivity contribution in [1.29, 1.82) is 0 Å². The summed E-state index contributed by atoms with van der Waals surface area (Å²) in [5.41, 5.74) is 7.35. The quantitative estimate of drug-likeness (QED) is 0.647. The number of hydrogen-bond acceptors (Lipinski definition) is 5. The van der Waals surface area contributed by atoms with E-state index in [4.69, 9.17) is 10.5 Å². The van der Waals surface area contributed by atoms with E-state index in [0.29, 0.717) is 18.6 Å². The van der Waals surface area contributed by atoms with Crippen molar-refractivity contribution in [2.75, 3.05) is 31.1 Å². The third-order valence-corrected chi connectivity index (χ3v) is 5.86. The Kier molecular flexibility index (Phi) is 5.24. The Morgan fingerprint density at radius 2 is 2.04 bits per heavy atom. The van der Waals surface area contributed by atoms with Crippen molar-refractivity contribution in [3.63, 3.8) is 0 Å². The van der Waals surface area contributed by atoms with Gasteiger partial charge in [0.05, 0.1) is 12.6 Å². The van der Waals surface area contributed by atoms with Crippen molar-refractivity contribution in [2.45, 2.75) is 31.9 Å². The molecule has 6 nitrogen and oxygen atoms in total. The van der Waals surface area contributed by atoms with Gasteiger partial charge in [0.2, 0.25) is 0 Å². The average Bonchev–Trinajstić information content (AvgIpc) is 3.18. The van der Waals surface area contributed by atoms with Gasteiger partial charge in [-0.2, -0.15) is 0 Å². The number of hydrogen-bond donors (Lipinski definition) is 1. The molecule has 0 amide bonds. The first-order valence-corrected chi connectivity index (χ1v) is 10.1. The van der Waals surface area contributed by atoms with Crippen LogP contribution in [0.1, 0.15) is 24.8 Å². The van der Waals surface area contributed by atoms with E-state index in [-0.39, 0.29) is 0 Å². The van der Waals surface area contributed by atoms with Crippen LogP contribution in [0.3, 0.4) is 0 Å². The SMILES string of the molecule is NC(=NCc1ccccc1OC1CCC1)N1CCN(c2nccs2)CC1. The highest BCUT2D eigenvalue weighted by atomic mass is 32.1. The first kappa shape index (κ1) is 17.1. The molecule has 1 aliphatic carbocycles. The molecule has 0 radical (unpaired) electrons. The van der Waals surface area contributed by atoms with Gasteiger partial charge in [-0.1, -0.05) is 18.2 Å². The van der Waals surface area contributed by atoms with Crippen LogP contribution in [-0.4, -0.2) is 48.1 Å². The number of aliphatic imine (C=N–C) groups is 1. The zero-order valence-corrected chi connectivity index (χ0v) is 15.7. The number of ether oxygens (including phenoxy) is 1. The highest BCUT2D eigenvalue weighted by molar-refractivity contribution is 7.13. The van der Waals surface area contributed by atoms with Crippen LogP contribution in [0.2, 0.25) is 0 Å². The summed E-state index contributed by atoms with van der Waals surface area (Å²) < 4.78 is 6.08. The average molecular weight is 372 g/mol. The van der Waals surface area contributed by atoms with Crippen LogP contribution in [0.5, 0.6) is 5.75 Å². The molecule has 2 heterocycles. The molecule has 26 heavy (non-hydrogen) atoms. The van der Waals surface area contributed by atoms with Gasteiger partial charge >= 0.3 is 0 Å². The van der Waals surface area contributed by atoms with Crippen molar-refractivity contribution < 1.29 is 4.74 Å². The molecule has 0 atom stereocenters. The molecule has 0 spiro atoms. The number of rotatable bonds is 5. The molecule has 1 aliphatic heterocycles. The Labute approximate surface area is 158 Å². The van der Waals surface area contributed by atoms with Crippen molar-refractivity contribution in [1.82, 2.24) is 9.88 Å². The van der Waals surface area contributed by atoms with Crippen LogP contribution in [0.25, 0.3) is 0 Å². The lowest BCUT2D eigenvalue weighted by Gasteiger charge is -2.35. The summed E-state index contributed by atoms with van der Waals surface area (Å²) in [6, 6.07) is 8.15. The number of piperazine rings is 1. The van der Waals surface area contributed by atoms with Gasteiger partial charge in [-0.15, -0.1) is 11.3 Å². The van der Waals surface area contributed by atoms with Gasteiger partial charge in [0.1, 0.15) is 5.75 Å². The number of anilines is 1. The monoisotopic (exact) mass is 371 g/mol. The largest absolute Gasteiger partial charge is 0.490 e. The van der Waals surface area contributed by atoms with E-state index in [1.165, 1.54) is 6.42 Å². The Morgan fingerprint density at radius 3 is 2.73 bits per heavy atom. The lowest BCUT2D eigenvalue weighted by atomic mass is 9.96. The zero-order valence-electron chi connectivity index (χ0n) is 14.9. The maximum absolute atomic E-state index is 6.25. The van der Waals surface area contributed by atoms with Crippen molar-refractivity contribution in [3.05, 3.63) is 41.4 Å². The van der Waals surface area contributed by atoms with E-state index in [9.17, 15) is 0 Å². The molecule has 7 heteroatoms. The summed E-state index contributed by atoms with van der Waals surface area (Å²) in [6.07, 6.45) is 5.80. The van der Waals surface area contributed by atoms with Crippen molar-refractivity contribution in [3.8, 4) is 5.75 Å². The van der Waals surface area contributed by atoms with Crippen LogP contribution in [0.4, 0.5) is 5.13 Å². The predicted octanol–water partition coefficient (Wildman–Crippen LogP) is 2.71. The van der Waals surface area contributed by atoms with Crippen LogP contribution >= 0.6 is 11.3 Å². The Balaban J connectivity index is 1.34. The fourth-order valence-electron chi connectivity index (χ4n) is 3.18. The maximum atomic E-state index is 6.25. The lowest BCUT2D eigenvalue weighted by Crippen LogP contribution is -2.51. The minimum atomic E-state index is 0.372. The third kappa shape index (κ3) is 3.93. The Morgan fingerprint density at radius 1 is 1.23 bits per heavy atom. The second-order valence-electron chi connectivity index (χ2n) is 6.74. The molecule has 2 N–H and O–H groups in total. The molecule has 0 unspecified atom stereocenters. The molecular formula is C19H25N5OS. The summed E-state index contributed by atoms with van der Waals surface area (Å²) in [5.74, 6) is 1.56. The smallest absolute Gasteiger partial charge is 0.191 e. The Bertz CT molecular complexity index is 736. The van der Waals surface area contributed by atoms with E-state index < -0.39 is 0 Å². The van der Waals surface area contributed by atoms with E-state index in [0.717, 1.165) is 55.5 Å². The number of nitrogens with zero attached hydrogens (tertiary/aromatic N) is 4. The fourth-order valence-corrected chi connectivity index (χ4v) is 3.88. The second kappa shape index (κ2) is 7.95. The van der Waals surface area contributed by atoms with Gasteiger partial charge < -0.3 is 20.3 Å². The van der Waals surface area contributed by atoms with Crippen LogP contribution in [-0.2, 0) is 6.54 Å². The van der Waals surface area contributed by atoms with Gasteiger partial charge in [0.25, 0.3) is 0 Å². The number of para-hydroxylation sites is 1. The molecule has 138 valence electrons. The number of benzene rings is 1. The molecule has 2 aliphatic rings. The Hall–Kier alpha value is -2.28. The second-order valence-corrected chi connectivity index (χ2v) is 7.61. The summed E-state index contributed by atoms with van der Waals surface area (Å²) in [6.45, 7) is 4.14. The summed E-state index contributed by atoms with van der Waals surface area (Å²) >= 11 is 1.68. The van der Waals surface area contributed by atoms with Crippen molar-refractivity contribution >= 4 is 22.4 Å². The predicted molar refractivity (Wildman–Crippen MR) is 106 cm³/mol. The van der Waals surface area contributed by atoms with Crippen LogP contribution < -0.4 is 15.4 Å². The number of guanidine groups is 1. The highest BCUT2D eigenvalue weighted by Crippen LogP contribution is 2.28. The van der Waals surface area contributed by atoms with Gasteiger partial charge in [-0.25, -0.2) is 9.98 Å². The zero-order chi connectivity index (χ0) is 17.8. The molecular weight excluding hydrogens is 346 g/mol. The minimum Gasteiger partial charge on any atom is -0.490 e.